The van der Waals surface area contributed by atoms with Crippen LogP contribution in [-0.2, 0) is 4.74 Å². The van der Waals surface area contributed by atoms with Gasteiger partial charge in [-0.2, -0.15) is 0 Å². The summed E-state index contributed by atoms with van der Waals surface area (Å²) in [6.07, 6.45) is 1.03. The highest BCUT2D eigenvalue weighted by Gasteiger charge is 2.20. The van der Waals surface area contributed by atoms with Gasteiger partial charge in [0.1, 0.15) is 11.9 Å². The second-order valence-electron chi connectivity index (χ2n) is 4.97. The molecule has 1 N–H and O–H groups in total. The standard InChI is InChI=1S/C14H25N3O/c1-7-8-15-13-10(4)11(5)16-14(17-13)12(18-6)9(2)3/h9,12H,7-8H2,1-6H3,(H,15,16,17). The Morgan fingerprint density at radius 2 is 1.89 bits per heavy atom. The van der Waals surface area contributed by atoms with Gasteiger partial charge in [0.15, 0.2) is 5.82 Å². The molecule has 0 saturated heterocycles. The molecule has 4 nitrogen and oxygen atoms in total. The fourth-order valence-electron chi connectivity index (χ4n) is 1.87. The Hall–Kier alpha value is -1.16. The van der Waals surface area contributed by atoms with Crippen molar-refractivity contribution in [1.29, 1.82) is 0 Å². The quantitative estimate of drug-likeness (QED) is 0.843. The molecule has 0 spiro atoms. The third kappa shape index (κ3) is 3.42. The van der Waals surface area contributed by atoms with E-state index < -0.39 is 0 Å². The number of rotatable bonds is 6. The highest BCUT2D eigenvalue weighted by atomic mass is 16.5. The zero-order valence-corrected chi connectivity index (χ0v) is 12.4. The maximum absolute atomic E-state index is 5.50. The van der Waals surface area contributed by atoms with Crippen molar-refractivity contribution in [3.05, 3.63) is 17.1 Å². The monoisotopic (exact) mass is 251 g/mol. The zero-order valence-electron chi connectivity index (χ0n) is 12.4. The SMILES string of the molecule is CCCNc1nc(C(OC)C(C)C)nc(C)c1C. The summed E-state index contributed by atoms with van der Waals surface area (Å²) in [6, 6.07) is 0. The fraction of sp³-hybridized carbons (Fsp3) is 0.714. The summed E-state index contributed by atoms with van der Waals surface area (Å²) in [6.45, 7) is 11.4. The Labute approximate surface area is 110 Å². The van der Waals surface area contributed by atoms with Crippen LogP contribution in [0.3, 0.4) is 0 Å². The molecule has 0 amide bonds. The first-order valence-electron chi connectivity index (χ1n) is 6.63. The van der Waals surface area contributed by atoms with E-state index in [9.17, 15) is 0 Å². The molecule has 18 heavy (non-hydrogen) atoms. The molecule has 0 radical (unpaired) electrons. The summed E-state index contributed by atoms with van der Waals surface area (Å²) >= 11 is 0. The van der Waals surface area contributed by atoms with Gasteiger partial charge in [-0.15, -0.1) is 0 Å². The van der Waals surface area contributed by atoms with Gasteiger partial charge >= 0.3 is 0 Å². The van der Waals surface area contributed by atoms with Gasteiger partial charge in [-0.25, -0.2) is 9.97 Å². The molecule has 0 aliphatic heterocycles. The average Bonchev–Trinajstić information content (AvgIpc) is 2.32. The summed E-state index contributed by atoms with van der Waals surface area (Å²) in [5.41, 5.74) is 2.13. The van der Waals surface area contributed by atoms with Crippen molar-refractivity contribution >= 4 is 5.82 Å². The second kappa shape index (κ2) is 6.69. The molecule has 102 valence electrons. The smallest absolute Gasteiger partial charge is 0.159 e. The number of ether oxygens (including phenoxy) is 1. The Kier molecular flexibility index (Phi) is 5.54. The lowest BCUT2D eigenvalue weighted by Gasteiger charge is -2.20. The van der Waals surface area contributed by atoms with Crippen LogP contribution in [0.4, 0.5) is 5.82 Å². The molecule has 1 atom stereocenters. The molecule has 0 aromatic carbocycles. The Morgan fingerprint density at radius 3 is 2.39 bits per heavy atom. The molecule has 0 bridgehead atoms. The van der Waals surface area contributed by atoms with Crippen LogP contribution in [0.2, 0.25) is 0 Å². The summed E-state index contributed by atoms with van der Waals surface area (Å²) in [5.74, 6) is 2.06. The maximum Gasteiger partial charge on any atom is 0.159 e. The third-order valence-corrected chi connectivity index (χ3v) is 3.06. The number of methoxy groups -OCH3 is 1. The predicted octanol–water partition coefficient (Wildman–Crippen LogP) is 3.26. The lowest BCUT2D eigenvalue weighted by Crippen LogP contribution is -2.16. The van der Waals surface area contributed by atoms with Crippen LogP contribution < -0.4 is 5.32 Å². The number of hydrogen-bond donors (Lipinski definition) is 1. The number of hydrogen-bond acceptors (Lipinski definition) is 4. The number of nitrogens with zero attached hydrogens (tertiary/aromatic N) is 2. The van der Waals surface area contributed by atoms with Crippen molar-refractivity contribution < 1.29 is 4.74 Å². The van der Waals surface area contributed by atoms with Crippen LogP contribution in [-0.4, -0.2) is 23.6 Å². The van der Waals surface area contributed by atoms with Crippen LogP contribution in [0.25, 0.3) is 0 Å². The minimum atomic E-state index is -0.0496. The molecule has 1 aromatic heterocycles. The molecule has 0 aliphatic carbocycles. The van der Waals surface area contributed by atoms with E-state index in [1.165, 1.54) is 0 Å². The van der Waals surface area contributed by atoms with Crippen LogP contribution in [0.15, 0.2) is 0 Å². The van der Waals surface area contributed by atoms with E-state index >= 15 is 0 Å². The first-order chi connectivity index (χ1) is 8.51. The van der Waals surface area contributed by atoms with Crippen molar-refractivity contribution in [2.75, 3.05) is 19.0 Å². The van der Waals surface area contributed by atoms with E-state index in [0.29, 0.717) is 5.92 Å². The van der Waals surface area contributed by atoms with Crippen molar-refractivity contribution in [3.63, 3.8) is 0 Å². The molecule has 1 aromatic rings. The van der Waals surface area contributed by atoms with E-state index in [0.717, 1.165) is 35.9 Å². The molecule has 1 unspecified atom stereocenters. The summed E-state index contributed by atoms with van der Waals surface area (Å²) in [5, 5.41) is 3.36. The summed E-state index contributed by atoms with van der Waals surface area (Å²) in [7, 11) is 1.71. The molecule has 1 heterocycles. The number of nitrogens with one attached hydrogen (secondary N) is 1. The van der Waals surface area contributed by atoms with Crippen LogP contribution >= 0.6 is 0 Å². The molecule has 0 fully saturated rings. The van der Waals surface area contributed by atoms with Crippen molar-refractivity contribution in [1.82, 2.24) is 9.97 Å². The van der Waals surface area contributed by atoms with Gasteiger partial charge in [-0.3, -0.25) is 0 Å². The van der Waals surface area contributed by atoms with E-state index in [1.807, 2.05) is 13.8 Å². The van der Waals surface area contributed by atoms with Gasteiger partial charge in [0, 0.05) is 24.9 Å². The topological polar surface area (TPSA) is 47.0 Å². The highest BCUT2D eigenvalue weighted by molar-refractivity contribution is 5.45. The Bertz CT molecular complexity index is 391. The lowest BCUT2D eigenvalue weighted by molar-refractivity contribution is 0.0574. The Morgan fingerprint density at radius 1 is 1.22 bits per heavy atom. The van der Waals surface area contributed by atoms with Crippen LogP contribution in [0, 0.1) is 19.8 Å². The lowest BCUT2D eigenvalue weighted by atomic mass is 10.1. The third-order valence-electron chi connectivity index (χ3n) is 3.06. The van der Waals surface area contributed by atoms with Gasteiger partial charge in [-0.05, 0) is 26.2 Å². The predicted molar refractivity (Wildman–Crippen MR) is 74.9 cm³/mol. The molecular formula is C14H25N3O. The van der Waals surface area contributed by atoms with E-state index in [1.54, 1.807) is 7.11 Å². The van der Waals surface area contributed by atoms with Crippen molar-refractivity contribution in [3.8, 4) is 0 Å². The van der Waals surface area contributed by atoms with E-state index in [2.05, 4.69) is 36.1 Å². The van der Waals surface area contributed by atoms with Gasteiger partial charge in [0.2, 0.25) is 0 Å². The number of anilines is 1. The zero-order chi connectivity index (χ0) is 13.7. The molecule has 1 rings (SSSR count). The first-order valence-corrected chi connectivity index (χ1v) is 6.63. The van der Waals surface area contributed by atoms with Gasteiger partial charge in [-0.1, -0.05) is 20.8 Å². The minimum Gasteiger partial charge on any atom is -0.373 e. The average molecular weight is 251 g/mol. The summed E-state index contributed by atoms with van der Waals surface area (Å²) in [4.78, 5) is 9.17. The maximum atomic E-state index is 5.50. The largest absolute Gasteiger partial charge is 0.373 e. The molecule has 4 heteroatoms. The second-order valence-corrected chi connectivity index (χ2v) is 4.97. The number of aryl methyl sites for hydroxylation is 1. The van der Waals surface area contributed by atoms with E-state index in [4.69, 9.17) is 4.74 Å². The molecular weight excluding hydrogens is 226 g/mol. The Balaban J connectivity index is 3.10. The molecule has 0 aliphatic rings. The normalized spacial score (nSPS) is 12.8. The van der Waals surface area contributed by atoms with Crippen LogP contribution in [0.1, 0.15) is 50.4 Å². The number of aromatic nitrogens is 2. The van der Waals surface area contributed by atoms with Gasteiger partial charge < -0.3 is 10.1 Å². The van der Waals surface area contributed by atoms with Crippen molar-refractivity contribution in [2.45, 2.75) is 47.1 Å². The minimum absolute atomic E-state index is 0.0496. The van der Waals surface area contributed by atoms with Crippen molar-refractivity contribution in [2.24, 2.45) is 5.92 Å². The van der Waals surface area contributed by atoms with E-state index in [-0.39, 0.29) is 6.10 Å². The highest BCUT2D eigenvalue weighted by Crippen LogP contribution is 2.25. The molecule has 0 saturated carbocycles. The van der Waals surface area contributed by atoms with Gasteiger partial charge in [0.05, 0.1) is 0 Å². The summed E-state index contributed by atoms with van der Waals surface area (Å²) < 4.78 is 5.50. The van der Waals surface area contributed by atoms with Gasteiger partial charge in [0.25, 0.3) is 0 Å². The fourth-order valence-corrected chi connectivity index (χ4v) is 1.87. The van der Waals surface area contributed by atoms with Crippen LogP contribution in [0.5, 0.6) is 0 Å². The first kappa shape index (κ1) is 14.9.